The number of halogens is 2. The minimum Gasteiger partial charge on any atom is -0.507 e. The van der Waals surface area contributed by atoms with Gasteiger partial charge in [0.05, 0.1) is 17.2 Å². The van der Waals surface area contributed by atoms with Crippen LogP contribution in [0.5, 0.6) is 5.75 Å². The zero-order chi connectivity index (χ0) is 16.4. The lowest BCUT2D eigenvalue weighted by Crippen LogP contribution is -2.19. The van der Waals surface area contributed by atoms with Crippen LogP contribution in [-0.4, -0.2) is 27.2 Å². The highest BCUT2D eigenvalue weighted by atomic mass is 79.9. The molecule has 0 saturated carbocycles. The second-order valence-corrected chi connectivity index (χ2v) is 6.48. The summed E-state index contributed by atoms with van der Waals surface area (Å²) < 4.78 is 1.69. The number of hydrogen-bond donors (Lipinski definition) is 3. The van der Waals surface area contributed by atoms with Gasteiger partial charge in [0.1, 0.15) is 5.75 Å². The molecule has 0 aliphatic rings. The minimum absolute atomic E-state index is 0.0692. The predicted molar refractivity (Wildman–Crippen MR) is 94.7 cm³/mol. The number of hydrazone groups is 1. The smallest absolute Gasteiger partial charge is 0.307 e. The summed E-state index contributed by atoms with van der Waals surface area (Å²) in [6.07, 6.45) is 1.36. The Morgan fingerprint density at radius 1 is 1.22 bits per heavy atom. The summed E-state index contributed by atoms with van der Waals surface area (Å²) in [4.78, 5) is 19.2. The van der Waals surface area contributed by atoms with Gasteiger partial charge in [0.15, 0.2) is 5.82 Å². The first-order chi connectivity index (χ1) is 11.0. The zero-order valence-corrected chi connectivity index (χ0v) is 14.7. The van der Waals surface area contributed by atoms with E-state index in [1.54, 1.807) is 18.2 Å². The second kappa shape index (κ2) is 6.51. The third kappa shape index (κ3) is 3.59. The average Bonchev–Trinajstić information content (AvgIpc) is 2.93. The molecule has 0 aliphatic heterocycles. The molecule has 23 heavy (non-hydrogen) atoms. The molecule has 3 rings (SSSR count). The molecule has 116 valence electrons. The lowest BCUT2D eigenvalue weighted by molar-refractivity contribution is 0.0946. The zero-order valence-electron chi connectivity index (χ0n) is 11.5. The number of rotatable bonds is 3. The number of phenols is 1. The highest BCUT2D eigenvalue weighted by Gasteiger charge is 2.10. The fourth-order valence-corrected chi connectivity index (χ4v) is 2.67. The summed E-state index contributed by atoms with van der Waals surface area (Å²) >= 11 is 6.66. The molecule has 3 aromatic rings. The number of aromatic amines is 1. The van der Waals surface area contributed by atoms with Crippen molar-refractivity contribution in [3.63, 3.8) is 0 Å². The number of nitrogens with one attached hydrogen (secondary N) is 2. The Hall–Kier alpha value is -2.19. The number of nitrogens with zero attached hydrogens (tertiary/aromatic N) is 2. The maximum atomic E-state index is 12.0. The number of phenolic OH excluding ortho intramolecular Hbond substituents is 1. The Morgan fingerprint density at radius 3 is 2.78 bits per heavy atom. The summed E-state index contributed by atoms with van der Waals surface area (Å²) in [5.74, 6) is -0.239. The minimum atomic E-state index is -0.469. The average molecular weight is 438 g/mol. The number of hydrogen-bond acceptors (Lipinski definition) is 4. The molecule has 1 aromatic heterocycles. The number of H-pyrrole nitrogens is 1. The number of fused-ring (bicyclic) bond motifs is 1. The van der Waals surface area contributed by atoms with Gasteiger partial charge in [-0.3, -0.25) is 4.79 Å². The van der Waals surface area contributed by atoms with Gasteiger partial charge < -0.3 is 10.1 Å². The first-order valence-corrected chi connectivity index (χ1v) is 8.09. The molecule has 0 atom stereocenters. The third-order valence-corrected chi connectivity index (χ3v) is 4.00. The highest BCUT2D eigenvalue weighted by molar-refractivity contribution is 9.10. The fraction of sp³-hybridized carbons (Fsp3) is 0. The number of benzene rings is 2. The Kier molecular flexibility index (Phi) is 4.44. The van der Waals surface area contributed by atoms with Crippen molar-refractivity contribution in [1.82, 2.24) is 15.4 Å². The molecule has 8 heteroatoms. The fourth-order valence-electron chi connectivity index (χ4n) is 1.93. The second-order valence-electron chi connectivity index (χ2n) is 4.65. The van der Waals surface area contributed by atoms with Crippen molar-refractivity contribution in [3.05, 3.63) is 56.7 Å². The molecule has 1 heterocycles. The molecule has 0 saturated heterocycles. The van der Waals surface area contributed by atoms with Gasteiger partial charge in [0.2, 0.25) is 0 Å². The van der Waals surface area contributed by atoms with Gasteiger partial charge in [-0.1, -0.05) is 31.9 Å². The van der Waals surface area contributed by atoms with Crippen LogP contribution < -0.4 is 5.43 Å². The van der Waals surface area contributed by atoms with Crippen LogP contribution in [0.4, 0.5) is 0 Å². The van der Waals surface area contributed by atoms with E-state index >= 15 is 0 Å². The van der Waals surface area contributed by atoms with Gasteiger partial charge in [0, 0.05) is 14.5 Å². The summed E-state index contributed by atoms with van der Waals surface area (Å²) in [5, 5.41) is 13.5. The molecule has 0 spiro atoms. The maximum Gasteiger partial charge on any atom is 0.307 e. The van der Waals surface area contributed by atoms with Gasteiger partial charge in [-0.15, -0.1) is 0 Å². The quantitative estimate of drug-likeness (QED) is 0.432. The molecule has 2 aromatic carbocycles. The van der Waals surface area contributed by atoms with Crippen LogP contribution in [0.15, 0.2) is 50.4 Å². The van der Waals surface area contributed by atoms with Crippen molar-refractivity contribution < 1.29 is 9.90 Å². The lowest BCUT2D eigenvalue weighted by atomic mass is 10.2. The van der Waals surface area contributed by atoms with E-state index in [0.717, 1.165) is 14.5 Å². The summed E-state index contributed by atoms with van der Waals surface area (Å²) in [6.45, 7) is 0. The number of carbonyl (C=O) groups excluding carboxylic acids is 1. The Bertz CT molecular complexity index is 921. The first kappa shape index (κ1) is 15.7. The van der Waals surface area contributed by atoms with E-state index in [1.807, 2.05) is 12.1 Å². The molecule has 0 unspecified atom stereocenters. The molecular formula is C15H10Br2N4O2. The first-order valence-electron chi connectivity index (χ1n) is 6.50. The van der Waals surface area contributed by atoms with Crippen LogP contribution in [0.1, 0.15) is 16.2 Å². The highest BCUT2D eigenvalue weighted by Crippen LogP contribution is 2.20. The van der Waals surface area contributed by atoms with Gasteiger partial charge >= 0.3 is 5.91 Å². The number of carbonyl (C=O) groups is 1. The van der Waals surface area contributed by atoms with Crippen molar-refractivity contribution >= 4 is 55.0 Å². The van der Waals surface area contributed by atoms with Crippen molar-refractivity contribution in [2.75, 3.05) is 0 Å². The van der Waals surface area contributed by atoms with Crippen molar-refractivity contribution in [3.8, 4) is 5.75 Å². The topological polar surface area (TPSA) is 90.4 Å². The lowest BCUT2D eigenvalue weighted by Gasteiger charge is -1.99. The summed E-state index contributed by atoms with van der Waals surface area (Å²) in [6, 6.07) is 10.4. The standard InChI is InChI=1S/C15H10Br2N4O2/c16-9-2-4-13(22)8(5-9)7-18-21-15(23)14-19-11-3-1-10(17)6-12(11)20-14/h1-7,22H,(H,19,20)(H,21,23)/b18-7+. The molecule has 1 amide bonds. The van der Waals surface area contributed by atoms with Crippen molar-refractivity contribution in [2.24, 2.45) is 5.10 Å². The summed E-state index contributed by atoms with van der Waals surface area (Å²) in [7, 11) is 0. The molecule has 0 bridgehead atoms. The molecule has 0 aliphatic carbocycles. The van der Waals surface area contributed by atoms with Crippen molar-refractivity contribution in [1.29, 1.82) is 0 Å². The van der Waals surface area contributed by atoms with E-state index < -0.39 is 5.91 Å². The number of aromatic hydroxyl groups is 1. The Labute approximate surface area is 147 Å². The van der Waals surface area contributed by atoms with E-state index in [9.17, 15) is 9.90 Å². The van der Waals surface area contributed by atoms with Crippen LogP contribution in [0, 0.1) is 0 Å². The van der Waals surface area contributed by atoms with E-state index in [2.05, 4.69) is 52.4 Å². The summed E-state index contributed by atoms with van der Waals surface area (Å²) in [5.41, 5.74) is 4.28. The maximum absolute atomic E-state index is 12.0. The largest absolute Gasteiger partial charge is 0.507 e. The van der Waals surface area contributed by atoms with E-state index in [1.165, 1.54) is 12.3 Å². The Morgan fingerprint density at radius 2 is 1.96 bits per heavy atom. The van der Waals surface area contributed by atoms with Gasteiger partial charge in [-0.25, -0.2) is 10.4 Å². The SMILES string of the molecule is O=C(N/N=C/c1cc(Br)ccc1O)c1nc2ccc(Br)cc2[nH]1. The van der Waals surface area contributed by atoms with Crippen LogP contribution in [0.2, 0.25) is 0 Å². The third-order valence-electron chi connectivity index (χ3n) is 3.02. The molecule has 6 nitrogen and oxygen atoms in total. The Balaban J connectivity index is 1.75. The van der Waals surface area contributed by atoms with Crippen LogP contribution >= 0.6 is 31.9 Å². The van der Waals surface area contributed by atoms with Crippen LogP contribution in [0.3, 0.4) is 0 Å². The number of aromatic nitrogens is 2. The van der Waals surface area contributed by atoms with Gasteiger partial charge in [-0.2, -0.15) is 5.10 Å². The monoisotopic (exact) mass is 436 g/mol. The predicted octanol–water partition coefficient (Wildman–Crippen LogP) is 3.56. The number of imidazole rings is 1. The molecule has 0 radical (unpaired) electrons. The molecular weight excluding hydrogens is 428 g/mol. The normalized spacial score (nSPS) is 11.2. The molecule has 3 N–H and O–H groups in total. The van der Waals surface area contributed by atoms with Crippen LogP contribution in [-0.2, 0) is 0 Å². The van der Waals surface area contributed by atoms with E-state index in [4.69, 9.17) is 0 Å². The van der Waals surface area contributed by atoms with E-state index in [-0.39, 0.29) is 11.6 Å². The van der Waals surface area contributed by atoms with Crippen molar-refractivity contribution in [2.45, 2.75) is 0 Å². The van der Waals surface area contributed by atoms with Crippen LogP contribution in [0.25, 0.3) is 11.0 Å². The van der Waals surface area contributed by atoms with Gasteiger partial charge in [0.25, 0.3) is 0 Å². The number of amides is 1. The van der Waals surface area contributed by atoms with E-state index in [0.29, 0.717) is 11.1 Å². The molecule has 0 fully saturated rings. The van der Waals surface area contributed by atoms with Gasteiger partial charge in [-0.05, 0) is 36.4 Å².